The molecule has 1 aromatic rings. The second-order valence-corrected chi connectivity index (χ2v) is 13.6. The van der Waals surface area contributed by atoms with E-state index >= 15 is 0 Å². The summed E-state index contributed by atoms with van der Waals surface area (Å²) in [6.07, 6.45) is 16.5. The van der Waals surface area contributed by atoms with Crippen molar-refractivity contribution in [2.75, 3.05) is 0 Å². The van der Waals surface area contributed by atoms with Gasteiger partial charge in [-0.05, 0) is 130 Å². The van der Waals surface area contributed by atoms with Crippen molar-refractivity contribution in [1.29, 1.82) is 0 Å². The molecule has 184 valence electrons. The Labute approximate surface area is 204 Å². The van der Waals surface area contributed by atoms with Gasteiger partial charge >= 0.3 is 0 Å². The summed E-state index contributed by atoms with van der Waals surface area (Å²) < 4.78 is 0. The van der Waals surface area contributed by atoms with Gasteiger partial charge in [-0.1, -0.05) is 57.5 Å². The summed E-state index contributed by atoms with van der Waals surface area (Å²) in [6, 6.07) is 12.1. The van der Waals surface area contributed by atoms with Crippen molar-refractivity contribution in [1.82, 2.24) is 5.32 Å². The lowest BCUT2D eigenvalue weighted by atomic mass is 9.48. The fourth-order valence-corrected chi connectivity index (χ4v) is 10.2. The van der Waals surface area contributed by atoms with Crippen LogP contribution in [0.15, 0.2) is 30.3 Å². The van der Waals surface area contributed by atoms with Gasteiger partial charge in [-0.2, -0.15) is 0 Å². The Morgan fingerprint density at radius 3 is 2.39 bits per heavy atom. The van der Waals surface area contributed by atoms with Crippen LogP contribution < -0.4 is 5.32 Å². The van der Waals surface area contributed by atoms with Crippen LogP contribution in [0, 0.1) is 46.3 Å². The number of hydrogen-bond acceptors (Lipinski definition) is 1. The van der Waals surface area contributed by atoms with E-state index in [-0.39, 0.29) is 0 Å². The lowest BCUT2D eigenvalue weighted by Gasteiger charge is -2.58. The number of nitrogens with one attached hydrogen (secondary N) is 1. The molecule has 33 heavy (non-hydrogen) atoms. The van der Waals surface area contributed by atoms with Crippen LogP contribution in [0.4, 0.5) is 0 Å². The van der Waals surface area contributed by atoms with Gasteiger partial charge in [-0.3, -0.25) is 0 Å². The molecule has 1 heteroatoms. The normalized spacial score (nSPS) is 44.4. The van der Waals surface area contributed by atoms with Crippen molar-refractivity contribution in [2.45, 2.75) is 117 Å². The molecular weight excluding hydrogens is 398 g/mol. The van der Waals surface area contributed by atoms with Gasteiger partial charge < -0.3 is 5.32 Å². The van der Waals surface area contributed by atoms with Gasteiger partial charge in [0.2, 0.25) is 0 Å². The predicted molar refractivity (Wildman–Crippen MR) is 141 cm³/mol. The Hall–Kier alpha value is -0.820. The summed E-state index contributed by atoms with van der Waals surface area (Å²) in [4.78, 5) is 0. The van der Waals surface area contributed by atoms with Crippen molar-refractivity contribution >= 4 is 0 Å². The van der Waals surface area contributed by atoms with Crippen LogP contribution in [-0.4, -0.2) is 6.04 Å². The van der Waals surface area contributed by atoms with Crippen molar-refractivity contribution in [2.24, 2.45) is 46.3 Å². The minimum absolute atomic E-state index is 0.440. The first-order valence-corrected chi connectivity index (χ1v) is 14.7. The zero-order chi connectivity index (χ0) is 23.2. The molecule has 5 rings (SSSR count). The molecule has 10 atom stereocenters. The molecule has 0 saturated heterocycles. The average Bonchev–Trinajstić information content (AvgIpc) is 3.16. The van der Waals surface area contributed by atoms with E-state index in [1.807, 2.05) is 0 Å². The van der Waals surface area contributed by atoms with Crippen molar-refractivity contribution in [3.8, 4) is 0 Å². The lowest BCUT2D eigenvalue weighted by molar-refractivity contribution is -0.0816. The van der Waals surface area contributed by atoms with Crippen LogP contribution in [0.5, 0.6) is 0 Å². The fraction of sp³-hybridized carbons (Fsp3) is 0.812. The molecule has 1 aromatic carbocycles. The number of benzene rings is 1. The summed E-state index contributed by atoms with van der Waals surface area (Å²) in [5, 5.41) is 4.03. The third kappa shape index (κ3) is 4.34. The molecular formula is C32H51N. The molecule has 1 nitrogen and oxygen atoms in total. The third-order valence-corrected chi connectivity index (χ3v) is 11.7. The Bertz CT molecular complexity index is 787. The van der Waals surface area contributed by atoms with Crippen LogP contribution in [0.3, 0.4) is 0 Å². The first kappa shape index (κ1) is 23.9. The molecule has 0 heterocycles. The molecule has 0 amide bonds. The zero-order valence-electron chi connectivity index (χ0n) is 22.3. The smallest absolute Gasteiger partial charge is 0.0294 e. The van der Waals surface area contributed by atoms with Crippen LogP contribution in [0.1, 0.15) is 117 Å². The van der Waals surface area contributed by atoms with Crippen LogP contribution in [-0.2, 0) is 0 Å². The van der Waals surface area contributed by atoms with Gasteiger partial charge in [0.15, 0.2) is 0 Å². The summed E-state index contributed by atoms with van der Waals surface area (Å²) in [6.45, 7) is 12.6. The van der Waals surface area contributed by atoms with E-state index in [0.717, 1.165) is 35.5 Å². The largest absolute Gasteiger partial charge is 0.307 e. The number of rotatable bonds is 6. The highest BCUT2D eigenvalue weighted by Crippen LogP contribution is 2.65. The monoisotopic (exact) mass is 449 g/mol. The molecule has 4 aliphatic carbocycles. The van der Waals surface area contributed by atoms with E-state index in [0.29, 0.717) is 22.9 Å². The van der Waals surface area contributed by atoms with E-state index in [4.69, 9.17) is 0 Å². The van der Waals surface area contributed by atoms with Crippen LogP contribution in [0.25, 0.3) is 0 Å². The van der Waals surface area contributed by atoms with Crippen molar-refractivity contribution in [3.05, 3.63) is 35.9 Å². The van der Waals surface area contributed by atoms with Gasteiger partial charge in [0.25, 0.3) is 0 Å². The number of hydrogen-bond donors (Lipinski definition) is 1. The van der Waals surface area contributed by atoms with E-state index in [2.05, 4.69) is 70.3 Å². The lowest BCUT2D eigenvalue weighted by Crippen LogP contribution is -2.51. The van der Waals surface area contributed by atoms with Crippen LogP contribution in [0.2, 0.25) is 0 Å². The molecule has 0 aliphatic heterocycles. The first-order valence-electron chi connectivity index (χ1n) is 14.7. The molecule has 4 fully saturated rings. The quantitative estimate of drug-likeness (QED) is 0.457. The predicted octanol–water partition coefficient (Wildman–Crippen LogP) is 8.80. The Morgan fingerprint density at radius 1 is 0.879 bits per heavy atom. The maximum Gasteiger partial charge on any atom is 0.0294 e. The fourth-order valence-electron chi connectivity index (χ4n) is 10.2. The molecule has 1 N–H and O–H groups in total. The number of fused-ring (bicyclic) bond motifs is 5. The van der Waals surface area contributed by atoms with Gasteiger partial charge in [-0.15, -0.1) is 0 Å². The minimum Gasteiger partial charge on any atom is -0.307 e. The molecule has 0 aromatic heterocycles. The summed E-state index contributed by atoms with van der Waals surface area (Å²) in [5.41, 5.74) is 2.64. The van der Waals surface area contributed by atoms with Crippen LogP contribution >= 0.6 is 0 Å². The average molecular weight is 450 g/mol. The molecule has 0 radical (unpaired) electrons. The molecule has 0 unspecified atom stereocenters. The highest BCUT2D eigenvalue weighted by atomic mass is 15.0. The van der Waals surface area contributed by atoms with Gasteiger partial charge in [0.05, 0.1) is 0 Å². The Morgan fingerprint density at radius 2 is 1.64 bits per heavy atom. The molecule has 0 spiro atoms. The molecule has 0 bridgehead atoms. The highest BCUT2D eigenvalue weighted by Gasteiger charge is 2.58. The van der Waals surface area contributed by atoms with E-state index < -0.39 is 0 Å². The SMILES string of the molecule is CCC[C@]1(C)CC[C@H]2[C@H](CC[C@@H]3[C@@H]2CC[C@]2(C)[C@@H]([C@@H](C)N[C@@H](C)c4ccccc4)CC[C@@H]32)C1. The van der Waals surface area contributed by atoms with Gasteiger partial charge in [0, 0.05) is 12.1 Å². The second kappa shape index (κ2) is 9.33. The standard InChI is InChI=1S/C32H51N/c1-6-18-31(4)19-16-26-25(21-31)12-13-28-27(26)17-20-32(5)29(14-15-30(28)32)23(3)33-22(2)24-10-8-7-9-11-24/h7-11,22-23,25-30,33H,6,12-21H2,1-5H3/t22-,23+,25+,26-,27+,28+,29+,30-,31+,32+/m0/s1. The van der Waals surface area contributed by atoms with Crippen molar-refractivity contribution < 1.29 is 0 Å². The first-order chi connectivity index (χ1) is 15.8. The summed E-state index contributed by atoms with van der Waals surface area (Å²) in [5.74, 6) is 6.02. The second-order valence-electron chi connectivity index (χ2n) is 13.6. The maximum atomic E-state index is 4.03. The molecule has 4 saturated carbocycles. The summed E-state index contributed by atoms with van der Waals surface area (Å²) >= 11 is 0. The van der Waals surface area contributed by atoms with Gasteiger partial charge in [0.1, 0.15) is 0 Å². The van der Waals surface area contributed by atoms with Gasteiger partial charge in [-0.25, -0.2) is 0 Å². The Balaban J connectivity index is 1.26. The van der Waals surface area contributed by atoms with E-state index in [9.17, 15) is 0 Å². The third-order valence-electron chi connectivity index (χ3n) is 11.7. The zero-order valence-corrected chi connectivity index (χ0v) is 22.3. The van der Waals surface area contributed by atoms with E-state index in [1.165, 1.54) is 56.9 Å². The minimum atomic E-state index is 0.440. The Kier molecular flexibility index (Phi) is 6.76. The molecule has 4 aliphatic rings. The van der Waals surface area contributed by atoms with Crippen molar-refractivity contribution in [3.63, 3.8) is 0 Å². The highest BCUT2D eigenvalue weighted by molar-refractivity contribution is 5.18. The van der Waals surface area contributed by atoms with E-state index in [1.54, 1.807) is 19.3 Å². The maximum absolute atomic E-state index is 4.03. The topological polar surface area (TPSA) is 12.0 Å². The summed E-state index contributed by atoms with van der Waals surface area (Å²) in [7, 11) is 0.